The number of rotatable bonds is 4. The van der Waals surface area contributed by atoms with Crippen molar-refractivity contribution >= 4 is 5.78 Å². The second kappa shape index (κ2) is 5.74. The van der Waals surface area contributed by atoms with Crippen LogP contribution in [0.2, 0.25) is 0 Å². The van der Waals surface area contributed by atoms with Crippen molar-refractivity contribution in [2.75, 3.05) is 14.2 Å². The van der Waals surface area contributed by atoms with Gasteiger partial charge < -0.3 is 9.47 Å². The van der Waals surface area contributed by atoms with E-state index in [0.717, 1.165) is 0 Å². The Morgan fingerprint density at radius 3 is 2.40 bits per heavy atom. The van der Waals surface area contributed by atoms with Gasteiger partial charge in [-0.15, -0.1) is 0 Å². The summed E-state index contributed by atoms with van der Waals surface area (Å²) < 4.78 is 23.6. The highest BCUT2D eigenvalue weighted by molar-refractivity contribution is 6.12. The number of ether oxygens (including phenoxy) is 2. The number of halogens is 1. The van der Waals surface area contributed by atoms with Gasteiger partial charge in [0.05, 0.1) is 19.8 Å². The Morgan fingerprint density at radius 2 is 1.80 bits per heavy atom. The second-order valence-corrected chi connectivity index (χ2v) is 4.33. The monoisotopic (exact) mass is 274 g/mol. The van der Waals surface area contributed by atoms with E-state index in [9.17, 15) is 9.18 Å². The van der Waals surface area contributed by atoms with Crippen LogP contribution in [-0.4, -0.2) is 20.0 Å². The first kappa shape index (κ1) is 14.1. The molecule has 0 fully saturated rings. The number of hydrogen-bond acceptors (Lipinski definition) is 3. The molecule has 0 heterocycles. The van der Waals surface area contributed by atoms with Crippen molar-refractivity contribution in [1.82, 2.24) is 0 Å². The summed E-state index contributed by atoms with van der Waals surface area (Å²) in [5, 5.41) is 0. The number of carbonyl (C=O) groups is 1. The minimum Gasteiger partial charge on any atom is -0.493 e. The van der Waals surface area contributed by atoms with Gasteiger partial charge in [-0.1, -0.05) is 6.07 Å². The van der Waals surface area contributed by atoms with Crippen molar-refractivity contribution in [2.45, 2.75) is 6.92 Å². The van der Waals surface area contributed by atoms with E-state index >= 15 is 0 Å². The average Bonchev–Trinajstić information content (AvgIpc) is 2.45. The number of ketones is 1. The molecule has 2 aromatic carbocycles. The fraction of sp³-hybridized carbons (Fsp3) is 0.188. The van der Waals surface area contributed by atoms with Crippen LogP contribution in [0.25, 0.3) is 0 Å². The first-order valence-electron chi connectivity index (χ1n) is 6.10. The molecule has 0 aliphatic carbocycles. The number of para-hydroxylation sites is 1. The Labute approximate surface area is 117 Å². The molecule has 0 bridgehead atoms. The zero-order chi connectivity index (χ0) is 14.7. The maximum absolute atomic E-state index is 13.1. The molecule has 2 rings (SSSR count). The standard InChI is InChI=1S/C16H15FO3/c1-10-9-11(17)7-8-12(10)15(18)13-5-4-6-14(19-2)16(13)20-3/h4-9H,1-3H3. The number of aryl methyl sites for hydroxylation is 1. The molecule has 0 atom stereocenters. The molecule has 0 spiro atoms. The van der Waals surface area contributed by atoms with Crippen LogP contribution in [0.4, 0.5) is 4.39 Å². The van der Waals surface area contributed by atoms with Gasteiger partial charge in [0.2, 0.25) is 0 Å². The third-order valence-electron chi connectivity index (χ3n) is 3.08. The first-order chi connectivity index (χ1) is 9.58. The van der Waals surface area contributed by atoms with E-state index in [-0.39, 0.29) is 11.6 Å². The van der Waals surface area contributed by atoms with Crippen LogP contribution in [0.3, 0.4) is 0 Å². The lowest BCUT2D eigenvalue weighted by atomic mass is 9.98. The Kier molecular flexibility index (Phi) is 4.03. The molecule has 4 heteroatoms. The van der Waals surface area contributed by atoms with Crippen molar-refractivity contribution in [1.29, 1.82) is 0 Å². The molecule has 3 nitrogen and oxygen atoms in total. The maximum atomic E-state index is 13.1. The van der Waals surface area contributed by atoms with Gasteiger partial charge in [-0.25, -0.2) is 4.39 Å². The summed E-state index contributed by atoms with van der Waals surface area (Å²) in [6, 6.07) is 9.17. The van der Waals surface area contributed by atoms with Crippen molar-refractivity contribution in [2.24, 2.45) is 0 Å². The van der Waals surface area contributed by atoms with Gasteiger partial charge in [0.25, 0.3) is 0 Å². The number of hydrogen-bond donors (Lipinski definition) is 0. The molecule has 0 aromatic heterocycles. The molecule has 0 saturated heterocycles. The predicted molar refractivity (Wildman–Crippen MR) is 74.1 cm³/mol. The molecule has 0 aliphatic rings. The van der Waals surface area contributed by atoms with Gasteiger partial charge in [0, 0.05) is 5.56 Å². The molecule has 104 valence electrons. The highest BCUT2D eigenvalue weighted by Gasteiger charge is 2.19. The quantitative estimate of drug-likeness (QED) is 0.802. The first-order valence-corrected chi connectivity index (χ1v) is 6.10. The molecule has 0 N–H and O–H groups in total. The van der Waals surface area contributed by atoms with Crippen molar-refractivity contribution in [3.05, 3.63) is 58.9 Å². The lowest BCUT2D eigenvalue weighted by Crippen LogP contribution is -2.07. The van der Waals surface area contributed by atoms with Gasteiger partial charge in [-0.3, -0.25) is 4.79 Å². The van der Waals surface area contributed by atoms with E-state index in [1.165, 1.54) is 32.4 Å². The van der Waals surface area contributed by atoms with Crippen LogP contribution in [-0.2, 0) is 0 Å². The summed E-state index contributed by atoms with van der Waals surface area (Å²) in [6.45, 7) is 1.70. The predicted octanol–water partition coefficient (Wildman–Crippen LogP) is 3.38. The fourth-order valence-electron chi connectivity index (χ4n) is 2.09. The zero-order valence-electron chi connectivity index (χ0n) is 11.6. The second-order valence-electron chi connectivity index (χ2n) is 4.33. The van der Waals surface area contributed by atoms with Crippen LogP contribution in [0.5, 0.6) is 11.5 Å². The average molecular weight is 274 g/mol. The van der Waals surface area contributed by atoms with Gasteiger partial charge in [-0.2, -0.15) is 0 Å². The molecule has 0 saturated carbocycles. The number of benzene rings is 2. The normalized spacial score (nSPS) is 10.2. The summed E-state index contributed by atoms with van der Waals surface area (Å²) in [5.41, 5.74) is 1.42. The minimum absolute atomic E-state index is 0.224. The molecule has 2 aromatic rings. The summed E-state index contributed by atoms with van der Waals surface area (Å²) in [5.74, 6) is 0.275. The van der Waals surface area contributed by atoms with Gasteiger partial charge in [0.1, 0.15) is 5.82 Å². The van der Waals surface area contributed by atoms with Crippen LogP contribution in [0.1, 0.15) is 21.5 Å². The maximum Gasteiger partial charge on any atom is 0.197 e. The highest BCUT2D eigenvalue weighted by atomic mass is 19.1. The smallest absolute Gasteiger partial charge is 0.197 e. The third-order valence-corrected chi connectivity index (χ3v) is 3.08. The van der Waals surface area contributed by atoms with Gasteiger partial charge >= 0.3 is 0 Å². The number of methoxy groups -OCH3 is 2. The van der Waals surface area contributed by atoms with E-state index < -0.39 is 0 Å². The van der Waals surface area contributed by atoms with E-state index in [1.807, 2.05) is 0 Å². The SMILES string of the molecule is COc1cccc(C(=O)c2ccc(F)cc2C)c1OC. The molecule has 0 radical (unpaired) electrons. The highest BCUT2D eigenvalue weighted by Crippen LogP contribution is 2.32. The van der Waals surface area contributed by atoms with Crippen molar-refractivity contribution in [3.63, 3.8) is 0 Å². The molecule has 20 heavy (non-hydrogen) atoms. The lowest BCUT2D eigenvalue weighted by molar-refractivity contribution is 0.103. The zero-order valence-corrected chi connectivity index (χ0v) is 11.6. The van der Waals surface area contributed by atoms with Crippen molar-refractivity contribution < 1.29 is 18.7 Å². The lowest BCUT2D eigenvalue weighted by Gasteiger charge is -2.12. The molecular formula is C16H15FO3. The van der Waals surface area contributed by atoms with Crippen LogP contribution < -0.4 is 9.47 Å². The van der Waals surface area contributed by atoms with E-state index in [4.69, 9.17) is 9.47 Å². The molecule has 0 unspecified atom stereocenters. The Morgan fingerprint density at radius 1 is 1.05 bits per heavy atom. The van der Waals surface area contributed by atoms with Crippen LogP contribution >= 0.6 is 0 Å². The molecular weight excluding hydrogens is 259 g/mol. The summed E-state index contributed by atoms with van der Waals surface area (Å²) >= 11 is 0. The Balaban J connectivity index is 2.53. The minimum atomic E-state index is -0.364. The Hall–Kier alpha value is -2.36. The topological polar surface area (TPSA) is 35.5 Å². The van der Waals surface area contributed by atoms with Gasteiger partial charge in [-0.05, 0) is 42.8 Å². The summed E-state index contributed by atoms with van der Waals surface area (Å²) in [6.07, 6.45) is 0. The third kappa shape index (κ3) is 2.50. The molecule has 0 aliphatic heterocycles. The summed E-state index contributed by atoms with van der Waals surface area (Å²) in [4.78, 5) is 12.6. The Bertz CT molecular complexity index is 650. The van der Waals surface area contributed by atoms with E-state index in [0.29, 0.717) is 28.2 Å². The van der Waals surface area contributed by atoms with E-state index in [2.05, 4.69) is 0 Å². The fourth-order valence-corrected chi connectivity index (χ4v) is 2.09. The molecule has 0 amide bonds. The van der Waals surface area contributed by atoms with Crippen molar-refractivity contribution in [3.8, 4) is 11.5 Å². The number of carbonyl (C=O) groups excluding carboxylic acids is 1. The van der Waals surface area contributed by atoms with Crippen LogP contribution in [0.15, 0.2) is 36.4 Å². The largest absolute Gasteiger partial charge is 0.493 e. The van der Waals surface area contributed by atoms with E-state index in [1.54, 1.807) is 25.1 Å². The van der Waals surface area contributed by atoms with Gasteiger partial charge in [0.15, 0.2) is 17.3 Å². The van der Waals surface area contributed by atoms with Crippen LogP contribution in [0, 0.1) is 12.7 Å². The summed E-state index contributed by atoms with van der Waals surface area (Å²) in [7, 11) is 2.99.